The first-order valence-corrected chi connectivity index (χ1v) is 12.4. The van der Waals surface area contributed by atoms with E-state index in [-0.39, 0.29) is 29.8 Å². The van der Waals surface area contributed by atoms with Crippen molar-refractivity contribution in [3.05, 3.63) is 70.9 Å². The second-order valence-corrected chi connectivity index (χ2v) is 10.9. The summed E-state index contributed by atoms with van der Waals surface area (Å²) >= 11 is 0. The van der Waals surface area contributed by atoms with E-state index in [0.29, 0.717) is 12.4 Å². The number of urea groups is 1. The van der Waals surface area contributed by atoms with Gasteiger partial charge >= 0.3 is 6.03 Å². The van der Waals surface area contributed by atoms with E-state index in [1.54, 1.807) is 9.58 Å². The molecule has 0 unspecified atom stereocenters. The minimum Gasteiger partial charge on any atom is -0.315 e. The van der Waals surface area contributed by atoms with Gasteiger partial charge in [-0.15, -0.1) is 0 Å². The summed E-state index contributed by atoms with van der Waals surface area (Å²) < 4.78 is 1.79. The molecule has 0 fully saturated rings. The number of hydrogen-bond acceptors (Lipinski definition) is 3. The van der Waals surface area contributed by atoms with Gasteiger partial charge < -0.3 is 15.5 Å². The van der Waals surface area contributed by atoms with Crippen LogP contribution in [-0.4, -0.2) is 39.7 Å². The summed E-state index contributed by atoms with van der Waals surface area (Å²) in [5.41, 5.74) is 5.51. The van der Waals surface area contributed by atoms with Crippen LogP contribution >= 0.6 is 0 Å². The minimum absolute atomic E-state index is 0.0706. The highest BCUT2D eigenvalue weighted by molar-refractivity contribution is 5.97. The molecule has 192 valence electrons. The molecule has 0 atom stereocenters. The van der Waals surface area contributed by atoms with E-state index >= 15 is 0 Å². The topological polar surface area (TPSA) is 79.3 Å². The van der Waals surface area contributed by atoms with Crippen LogP contribution in [0.5, 0.6) is 0 Å². The largest absolute Gasteiger partial charge is 0.322 e. The number of anilines is 2. The number of hydrogen-bond donors (Lipinski definition) is 2. The number of para-hydroxylation sites is 1. The second-order valence-electron chi connectivity index (χ2n) is 10.9. The van der Waals surface area contributed by atoms with Gasteiger partial charge in [0.25, 0.3) is 0 Å². The lowest BCUT2D eigenvalue weighted by molar-refractivity contribution is -0.116. The van der Waals surface area contributed by atoms with Gasteiger partial charge in [-0.3, -0.25) is 4.79 Å². The molecule has 0 radical (unpaired) electrons. The molecule has 7 nitrogen and oxygen atoms in total. The fraction of sp³-hybridized carbons (Fsp3) is 0.414. The average molecular weight is 490 g/mol. The number of aromatic nitrogens is 2. The van der Waals surface area contributed by atoms with Crippen molar-refractivity contribution in [2.75, 3.05) is 23.7 Å². The summed E-state index contributed by atoms with van der Waals surface area (Å²) in [4.78, 5) is 27.9. The van der Waals surface area contributed by atoms with Crippen LogP contribution in [0.25, 0.3) is 5.69 Å². The molecule has 7 heteroatoms. The van der Waals surface area contributed by atoms with Crippen molar-refractivity contribution >= 4 is 23.4 Å². The van der Waals surface area contributed by atoms with E-state index in [1.807, 2.05) is 70.2 Å². The first-order chi connectivity index (χ1) is 16.8. The van der Waals surface area contributed by atoms with Crippen molar-refractivity contribution < 1.29 is 9.59 Å². The van der Waals surface area contributed by atoms with Crippen LogP contribution < -0.4 is 10.6 Å². The minimum atomic E-state index is -0.300. The molecular weight excluding hydrogens is 450 g/mol. The number of carbonyl (C=O) groups excluding carboxylic acids is 2. The van der Waals surface area contributed by atoms with Crippen molar-refractivity contribution in [2.45, 2.75) is 60.8 Å². The third kappa shape index (κ3) is 6.74. The highest BCUT2D eigenvalue weighted by Gasteiger charge is 2.24. The number of rotatable bonds is 7. The van der Waals surface area contributed by atoms with Gasteiger partial charge in [-0.25, -0.2) is 9.48 Å². The van der Waals surface area contributed by atoms with Crippen LogP contribution in [0.2, 0.25) is 0 Å². The van der Waals surface area contributed by atoms with E-state index in [2.05, 4.69) is 44.4 Å². The van der Waals surface area contributed by atoms with Gasteiger partial charge in [0.2, 0.25) is 5.91 Å². The molecule has 0 saturated heterocycles. The summed E-state index contributed by atoms with van der Waals surface area (Å²) in [6.45, 7) is 16.7. The van der Waals surface area contributed by atoms with Gasteiger partial charge in [0.05, 0.1) is 11.4 Å². The summed E-state index contributed by atoms with van der Waals surface area (Å²) in [7, 11) is 0. The van der Waals surface area contributed by atoms with Gasteiger partial charge in [0.1, 0.15) is 12.4 Å². The third-order valence-electron chi connectivity index (χ3n) is 5.92. The Morgan fingerprint density at radius 1 is 0.972 bits per heavy atom. The monoisotopic (exact) mass is 489 g/mol. The fourth-order valence-corrected chi connectivity index (χ4v) is 3.99. The molecule has 0 bridgehead atoms. The molecule has 1 heterocycles. The van der Waals surface area contributed by atoms with E-state index in [0.717, 1.165) is 33.8 Å². The average Bonchev–Trinajstić information content (AvgIpc) is 3.18. The lowest BCUT2D eigenvalue weighted by Crippen LogP contribution is -2.42. The maximum atomic E-state index is 13.2. The molecule has 3 rings (SSSR count). The quantitative estimate of drug-likeness (QED) is 0.413. The molecule has 1 aromatic heterocycles. The maximum absolute atomic E-state index is 13.2. The number of nitrogens with zero attached hydrogens (tertiary/aromatic N) is 3. The van der Waals surface area contributed by atoms with Crippen LogP contribution in [0.1, 0.15) is 57.0 Å². The summed E-state index contributed by atoms with van der Waals surface area (Å²) in [5, 5.41) is 10.8. The Bertz CT molecular complexity index is 1240. The van der Waals surface area contributed by atoms with Crippen molar-refractivity contribution in [3.8, 4) is 5.69 Å². The van der Waals surface area contributed by atoms with Crippen molar-refractivity contribution in [3.63, 3.8) is 0 Å². The standard InChI is InChI=1S/C29H39N5O2/c1-19(2)17-33(28(36)30-23-12-10-9-11-21(23)4)18-27(35)31-26-16-25(29(6,7)8)32-34(26)24-14-13-20(3)15-22(24)5/h9-16,19H,17-18H2,1-8H3,(H,30,36)(H,31,35). The molecule has 2 aromatic carbocycles. The highest BCUT2D eigenvalue weighted by atomic mass is 16.2. The Balaban J connectivity index is 1.86. The second kappa shape index (κ2) is 11.0. The van der Waals surface area contributed by atoms with E-state index < -0.39 is 0 Å². The molecule has 0 aliphatic rings. The molecule has 0 spiro atoms. The lowest BCUT2D eigenvalue weighted by Gasteiger charge is -2.25. The Morgan fingerprint density at radius 3 is 2.28 bits per heavy atom. The number of amides is 3. The third-order valence-corrected chi connectivity index (χ3v) is 5.92. The van der Waals surface area contributed by atoms with Gasteiger partial charge in [-0.2, -0.15) is 5.10 Å². The predicted octanol–water partition coefficient (Wildman–Crippen LogP) is 6.22. The van der Waals surface area contributed by atoms with E-state index in [4.69, 9.17) is 5.10 Å². The molecule has 3 amide bonds. The Morgan fingerprint density at radius 2 is 1.67 bits per heavy atom. The van der Waals surface area contributed by atoms with Gasteiger partial charge in [0, 0.05) is 23.7 Å². The summed E-state index contributed by atoms with van der Waals surface area (Å²) in [5.74, 6) is 0.510. The Hall–Kier alpha value is -3.61. The van der Waals surface area contributed by atoms with Crippen LogP contribution in [0.3, 0.4) is 0 Å². The summed E-state index contributed by atoms with van der Waals surface area (Å²) in [6.07, 6.45) is 0. The zero-order valence-corrected chi connectivity index (χ0v) is 22.8. The Kier molecular flexibility index (Phi) is 8.23. The molecule has 3 aromatic rings. The fourth-order valence-electron chi connectivity index (χ4n) is 3.99. The Labute approximate surface area is 214 Å². The lowest BCUT2D eigenvalue weighted by atomic mass is 9.92. The van der Waals surface area contributed by atoms with Crippen molar-refractivity contribution in [2.24, 2.45) is 5.92 Å². The molecule has 0 saturated carbocycles. The van der Waals surface area contributed by atoms with Gasteiger partial charge in [0.15, 0.2) is 0 Å². The molecule has 0 aliphatic carbocycles. The van der Waals surface area contributed by atoms with Crippen molar-refractivity contribution in [1.29, 1.82) is 0 Å². The number of aryl methyl sites for hydroxylation is 3. The SMILES string of the molecule is Cc1ccc(-n2nc(C(C)(C)C)cc2NC(=O)CN(CC(C)C)C(=O)Nc2ccccc2C)c(C)c1. The van der Waals surface area contributed by atoms with Crippen molar-refractivity contribution in [1.82, 2.24) is 14.7 Å². The summed E-state index contributed by atoms with van der Waals surface area (Å²) in [6, 6.07) is 15.4. The number of carbonyl (C=O) groups is 2. The van der Waals surface area contributed by atoms with Crippen LogP contribution in [0.15, 0.2) is 48.5 Å². The molecular formula is C29H39N5O2. The van der Waals surface area contributed by atoms with E-state index in [1.165, 1.54) is 0 Å². The van der Waals surface area contributed by atoms with Crippen LogP contribution in [0.4, 0.5) is 16.3 Å². The smallest absolute Gasteiger partial charge is 0.315 e. The normalized spacial score (nSPS) is 11.5. The molecule has 0 aliphatic heterocycles. The number of benzene rings is 2. The zero-order chi connectivity index (χ0) is 26.6. The van der Waals surface area contributed by atoms with Crippen LogP contribution in [-0.2, 0) is 10.2 Å². The molecule has 36 heavy (non-hydrogen) atoms. The van der Waals surface area contributed by atoms with E-state index in [9.17, 15) is 9.59 Å². The maximum Gasteiger partial charge on any atom is 0.322 e. The van der Waals surface area contributed by atoms with Crippen LogP contribution in [0, 0.1) is 26.7 Å². The first-order valence-electron chi connectivity index (χ1n) is 12.4. The van der Waals surface area contributed by atoms with Gasteiger partial charge in [-0.05, 0) is 49.9 Å². The first kappa shape index (κ1) is 27.0. The molecule has 2 N–H and O–H groups in total. The zero-order valence-electron chi connectivity index (χ0n) is 22.8. The predicted molar refractivity (Wildman–Crippen MR) is 147 cm³/mol. The van der Waals surface area contributed by atoms with Gasteiger partial charge in [-0.1, -0.05) is 70.5 Å². The number of nitrogens with one attached hydrogen (secondary N) is 2. The highest BCUT2D eigenvalue weighted by Crippen LogP contribution is 2.28.